The van der Waals surface area contributed by atoms with Crippen molar-refractivity contribution >= 4 is 23.8 Å². The van der Waals surface area contributed by atoms with E-state index >= 15 is 0 Å². The highest BCUT2D eigenvalue weighted by Crippen LogP contribution is 2.35. The summed E-state index contributed by atoms with van der Waals surface area (Å²) in [6.07, 6.45) is 0.500. The van der Waals surface area contributed by atoms with Gasteiger partial charge in [-0.15, -0.1) is 0 Å². The number of hydrogen-bond acceptors (Lipinski definition) is 2. The largest absolute Gasteiger partial charge is 0.351 e. The van der Waals surface area contributed by atoms with Gasteiger partial charge in [-0.1, -0.05) is 23.7 Å². The molecule has 0 saturated carbocycles. The lowest BCUT2D eigenvalue weighted by Gasteiger charge is -2.25. The van der Waals surface area contributed by atoms with Gasteiger partial charge in [0.05, 0.1) is 5.02 Å². The standard InChI is InChI=1S/C13H14ClF2NO2/c1-3-17(4-2)12(19)13(15,16)10-6-5-9(8-18)7-11(10)14/h5-8H,3-4H2,1-2H3. The van der Waals surface area contributed by atoms with E-state index < -0.39 is 17.4 Å². The van der Waals surface area contributed by atoms with Crippen molar-refractivity contribution in [2.24, 2.45) is 0 Å². The number of hydrogen-bond donors (Lipinski definition) is 0. The normalized spacial score (nSPS) is 11.2. The van der Waals surface area contributed by atoms with Gasteiger partial charge in [-0.2, -0.15) is 8.78 Å². The molecule has 1 aromatic rings. The average molecular weight is 290 g/mol. The zero-order chi connectivity index (χ0) is 14.6. The predicted octanol–water partition coefficient (Wildman–Crippen LogP) is 3.11. The molecule has 0 N–H and O–H groups in total. The minimum atomic E-state index is -3.70. The first-order chi connectivity index (χ1) is 8.88. The van der Waals surface area contributed by atoms with Crippen LogP contribution in [0.25, 0.3) is 0 Å². The smallest absolute Gasteiger partial charge is 0.338 e. The van der Waals surface area contributed by atoms with E-state index in [9.17, 15) is 18.4 Å². The van der Waals surface area contributed by atoms with E-state index in [-0.39, 0.29) is 23.7 Å². The predicted molar refractivity (Wildman–Crippen MR) is 68.7 cm³/mol. The molecule has 0 bridgehead atoms. The second-order valence-electron chi connectivity index (χ2n) is 3.91. The Labute approximate surface area is 115 Å². The summed E-state index contributed by atoms with van der Waals surface area (Å²) in [4.78, 5) is 23.3. The number of aldehydes is 1. The van der Waals surface area contributed by atoms with Gasteiger partial charge in [-0.25, -0.2) is 0 Å². The number of alkyl halides is 2. The molecule has 0 aromatic heterocycles. The van der Waals surface area contributed by atoms with E-state index in [0.717, 1.165) is 17.0 Å². The highest BCUT2D eigenvalue weighted by Gasteiger charge is 2.44. The summed E-state index contributed by atoms with van der Waals surface area (Å²) in [5.41, 5.74) is -0.406. The first-order valence-electron chi connectivity index (χ1n) is 5.80. The van der Waals surface area contributed by atoms with E-state index in [2.05, 4.69) is 0 Å². The van der Waals surface area contributed by atoms with Crippen LogP contribution in [0, 0.1) is 0 Å². The van der Waals surface area contributed by atoms with Gasteiger partial charge in [-0.05, 0) is 19.9 Å². The third-order valence-corrected chi connectivity index (χ3v) is 3.10. The molecule has 3 nitrogen and oxygen atoms in total. The van der Waals surface area contributed by atoms with Crippen molar-refractivity contribution in [3.63, 3.8) is 0 Å². The fourth-order valence-corrected chi connectivity index (χ4v) is 1.99. The van der Waals surface area contributed by atoms with E-state index in [1.807, 2.05) is 0 Å². The highest BCUT2D eigenvalue weighted by atomic mass is 35.5. The number of amides is 1. The number of nitrogens with zero attached hydrogens (tertiary/aromatic N) is 1. The Hall–Kier alpha value is -1.49. The molecule has 0 aliphatic rings. The van der Waals surface area contributed by atoms with Gasteiger partial charge in [0.15, 0.2) is 0 Å². The van der Waals surface area contributed by atoms with Gasteiger partial charge in [0, 0.05) is 24.2 Å². The molecule has 0 spiro atoms. The molecule has 0 radical (unpaired) electrons. The molecule has 0 aliphatic heterocycles. The molecule has 1 aromatic carbocycles. The number of rotatable bonds is 5. The molecule has 0 fully saturated rings. The number of carbonyl (C=O) groups is 2. The van der Waals surface area contributed by atoms with Gasteiger partial charge in [-0.3, -0.25) is 9.59 Å². The maximum absolute atomic E-state index is 14.1. The summed E-state index contributed by atoms with van der Waals surface area (Å²) in [6, 6.07) is 3.33. The van der Waals surface area contributed by atoms with Gasteiger partial charge in [0.2, 0.25) is 0 Å². The highest BCUT2D eigenvalue weighted by molar-refractivity contribution is 6.32. The van der Waals surface area contributed by atoms with Crippen LogP contribution in [0.5, 0.6) is 0 Å². The fraction of sp³-hybridized carbons (Fsp3) is 0.385. The van der Waals surface area contributed by atoms with Crippen molar-refractivity contribution < 1.29 is 18.4 Å². The van der Waals surface area contributed by atoms with Crippen molar-refractivity contribution in [2.75, 3.05) is 13.1 Å². The molecular weight excluding hydrogens is 276 g/mol. The molecular formula is C13H14ClF2NO2. The first-order valence-corrected chi connectivity index (χ1v) is 6.18. The van der Waals surface area contributed by atoms with E-state index in [0.29, 0.717) is 6.29 Å². The SMILES string of the molecule is CCN(CC)C(=O)C(F)(F)c1ccc(C=O)cc1Cl. The number of carbonyl (C=O) groups excluding carboxylic acids is 2. The van der Waals surface area contributed by atoms with E-state index in [1.54, 1.807) is 13.8 Å². The third-order valence-electron chi connectivity index (χ3n) is 2.79. The molecule has 0 aliphatic carbocycles. The van der Waals surface area contributed by atoms with Crippen molar-refractivity contribution in [1.82, 2.24) is 4.90 Å². The minimum absolute atomic E-state index is 0.180. The van der Waals surface area contributed by atoms with Gasteiger partial charge >= 0.3 is 5.92 Å². The fourth-order valence-electron chi connectivity index (χ4n) is 1.68. The average Bonchev–Trinajstić information content (AvgIpc) is 2.39. The molecule has 1 amide bonds. The van der Waals surface area contributed by atoms with Crippen LogP contribution in [0.15, 0.2) is 18.2 Å². The van der Waals surface area contributed by atoms with Crippen molar-refractivity contribution in [1.29, 1.82) is 0 Å². The Bertz CT molecular complexity index is 488. The van der Waals surface area contributed by atoms with E-state index in [1.165, 1.54) is 6.07 Å². The zero-order valence-corrected chi connectivity index (χ0v) is 11.4. The molecule has 0 heterocycles. The Balaban J connectivity index is 3.19. The van der Waals surface area contributed by atoms with Crippen LogP contribution in [-0.4, -0.2) is 30.2 Å². The van der Waals surface area contributed by atoms with Crippen molar-refractivity contribution in [2.45, 2.75) is 19.8 Å². The lowest BCUT2D eigenvalue weighted by molar-refractivity contribution is -0.158. The molecule has 1 rings (SSSR count). The monoisotopic (exact) mass is 289 g/mol. The lowest BCUT2D eigenvalue weighted by atomic mass is 10.0. The molecule has 0 saturated heterocycles. The maximum Gasteiger partial charge on any atom is 0.351 e. The molecule has 6 heteroatoms. The summed E-state index contributed by atoms with van der Waals surface area (Å²) >= 11 is 5.72. The van der Waals surface area contributed by atoms with Crippen LogP contribution in [0.3, 0.4) is 0 Å². The first kappa shape index (κ1) is 15.6. The van der Waals surface area contributed by atoms with Crippen molar-refractivity contribution in [3.8, 4) is 0 Å². The Morgan fingerprint density at radius 2 is 1.95 bits per heavy atom. The lowest BCUT2D eigenvalue weighted by Crippen LogP contribution is -2.41. The summed E-state index contributed by atoms with van der Waals surface area (Å²) in [7, 11) is 0. The molecule has 104 valence electrons. The van der Waals surface area contributed by atoms with Gasteiger partial charge in [0.1, 0.15) is 6.29 Å². The van der Waals surface area contributed by atoms with Gasteiger partial charge < -0.3 is 4.90 Å². The van der Waals surface area contributed by atoms with Crippen LogP contribution in [0.4, 0.5) is 8.78 Å². The van der Waals surface area contributed by atoms with Gasteiger partial charge in [0.25, 0.3) is 5.91 Å². The second kappa shape index (κ2) is 6.10. The number of likely N-dealkylation sites (N-methyl/N-ethyl adjacent to an activating group) is 1. The molecule has 0 atom stereocenters. The third kappa shape index (κ3) is 3.10. The summed E-state index contributed by atoms with van der Waals surface area (Å²) in [5, 5.41) is -0.296. The number of halogens is 3. The maximum atomic E-state index is 14.1. The Morgan fingerprint density at radius 3 is 2.37 bits per heavy atom. The molecule has 0 unspecified atom stereocenters. The minimum Gasteiger partial charge on any atom is -0.338 e. The summed E-state index contributed by atoms with van der Waals surface area (Å²) < 4.78 is 28.2. The van der Waals surface area contributed by atoms with Crippen LogP contribution >= 0.6 is 11.6 Å². The second-order valence-corrected chi connectivity index (χ2v) is 4.32. The van der Waals surface area contributed by atoms with Crippen LogP contribution < -0.4 is 0 Å². The van der Waals surface area contributed by atoms with Crippen LogP contribution in [0.2, 0.25) is 5.02 Å². The number of benzene rings is 1. The Morgan fingerprint density at radius 1 is 1.37 bits per heavy atom. The topological polar surface area (TPSA) is 37.4 Å². The Kier molecular flexibility index (Phi) is 5.00. The van der Waals surface area contributed by atoms with Crippen molar-refractivity contribution in [3.05, 3.63) is 34.3 Å². The zero-order valence-electron chi connectivity index (χ0n) is 10.6. The quantitative estimate of drug-likeness (QED) is 0.781. The molecule has 19 heavy (non-hydrogen) atoms. The summed E-state index contributed by atoms with van der Waals surface area (Å²) in [6.45, 7) is 3.62. The van der Waals surface area contributed by atoms with Crippen LogP contribution in [-0.2, 0) is 10.7 Å². The summed E-state index contributed by atoms with van der Waals surface area (Å²) in [5.74, 6) is -5.00. The van der Waals surface area contributed by atoms with E-state index in [4.69, 9.17) is 11.6 Å². The van der Waals surface area contributed by atoms with Crippen LogP contribution in [0.1, 0.15) is 29.8 Å².